The van der Waals surface area contributed by atoms with Crippen molar-refractivity contribution in [2.24, 2.45) is 10.4 Å². The van der Waals surface area contributed by atoms with Crippen LogP contribution in [0.25, 0.3) is 0 Å². The van der Waals surface area contributed by atoms with E-state index in [1.54, 1.807) is 0 Å². The van der Waals surface area contributed by atoms with Crippen LogP contribution in [0.5, 0.6) is 0 Å². The van der Waals surface area contributed by atoms with Gasteiger partial charge in [-0.2, -0.15) is 4.99 Å². The van der Waals surface area contributed by atoms with Crippen molar-refractivity contribution in [3.63, 3.8) is 0 Å². The number of amidine groups is 1. The van der Waals surface area contributed by atoms with E-state index in [9.17, 15) is 0 Å². The van der Waals surface area contributed by atoms with Crippen LogP contribution in [0.1, 0.15) is 117 Å². The maximum atomic E-state index is 5.18. The highest BCUT2D eigenvalue weighted by molar-refractivity contribution is 5.88. The summed E-state index contributed by atoms with van der Waals surface area (Å²) in [6.45, 7) is 10.5. The molecule has 1 aliphatic rings. The Bertz CT molecular complexity index is 391. The van der Waals surface area contributed by atoms with Gasteiger partial charge in [-0.15, -0.1) is 0 Å². The highest BCUT2D eigenvalue weighted by Crippen LogP contribution is 2.32. The maximum absolute atomic E-state index is 5.18. The molecule has 0 radical (unpaired) electrons. The zero-order valence-electron chi connectivity index (χ0n) is 17.2. The fraction of sp³-hybridized carbons (Fsp3) is 0.864. The molecule has 1 N–H and O–H groups in total. The summed E-state index contributed by atoms with van der Waals surface area (Å²) in [6.07, 6.45) is 20.5. The van der Waals surface area contributed by atoms with E-state index in [4.69, 9.17) is 4.84 Å². The van der Waals surface area contributed by atoms with Gasteiger partial charge in [-0.05, 0) is 19.4 Å². The lowest BCUT2D eigenvalue weighted by Gasteiger charge is -2.27. The Balaban J connectivity index is 1.96. The number of hydrogen-bond donors (Lipinski definition) is 1. The molecule has 1 heterocycles. The molecule has 0 amide bonds. The molecule has 3 nitrogen and oxygen atoms in total. The van der Waals surface area contributed by atoms with E-state index >= 15 is 0 Å². The Labute approximate surface area is 156 Å². The summed E-state index contributed by atoms with van der Waals surface area (Å²) in [5.74, 6) is 1.44. The Morgan fingerprint density at radius 1 is 0.840 bits per heavy atom. The fourth-order valence-electron chi connectivity index (χ4n) is 3.53. The molecule has 3 heteroatoms. The van der Waals surface area contributed by atoms with Crippen LogP contribution in [-0.2, 0) is 4.84 Å². The van der Waals surface area contributed by atoms with Crippen molar-refractivity contribution in [2.45, 2.75) is 117 Å². The molecule has 0 fully saturated rings. The molecule has 25 heavy (non-hydrogen) atoms. The largest absolute Gasteiger partial charge is 0.361 e. The number of hydroxylamine groups is 1. The molecule has 0 bridgehead atoms. The average molecular weight is 351 g/mol. The molecule has 146 valence electrons. The van der Waals surface area contributed by atoms with Gasteiger partial charge in [0.25, 0.3) is 0 Å². The highest BCUT2D eigenvalue weighted by atomic mass is 16.7. The zero-order chi connectivity index (χ0) is 18.4. The van der Waals surface area contributed by atoms with Gasteiger partial charge in [0, 0.05) is 5.41 Å². The lowest BCUT2D eigenvalue weighted by atomic mass is 9.81. The Hall–Kier alpha value is -0.990. The van der Waals surface area contributed by atoms with Crippen LogP contribution in [-0.4, -0.2) is 5.84 Å². The molecule has 0 aromatic rings. The average Bonchev–Trinajstić information content (AvgIpc) is 3.06. The number of hydrogen-bond acceptors (Lipinski definition) is 3. The van der Waals surface area contributed by atoms with E-state index in [0.29, 0.717) is 5.88 Å². The van der Waals surface area contributed by atoms with Crippen molar-refractivity contribution in [1.29, 1.82) is 0 Å². The Morgan fingerprint density at radius 3 is 1.72 bits per heavy atom. The summed E-state index contributed by atoms with van der Waals surface area (Å²) in [6, 6.07) is 0. The summed E-state index contributed by atoms with van der Waals surface area (Å²) in [5.41, 5.74) is 3.04. The zero-order valence-corrected chi connectivity index (χ0v) is 17.2. The van der Waals surface area contributed by atoms with Crippen molar-refractivity contribution in [3.05, 3.63) is 12.5 Å². The highest BCUT2D eigenvalue weighted by Gasteiger charge is 2.31. The van der Waals surface area contributed by atoms with E-state index < -0.39 is 0 Å². The number of nitrogens with zero attached hydrogens (tertiary/aromatic N) is 1. The number of rotatable bonds is 16. The Kier molecular flexibility index (Phi) is 11.7. The van der Waals surface area contributed by atoms with Gasteiger partial charge in [-0.25, -0.2) is 5.48 Å². The van der Waals surface area contributed by atoms with E-state index in [1.807, 2.05) is 0 Å². The van der Waals surface area contributed by atoms with Gasteiger partial charge in [0.15, 0.2) is 0 Å². The number of nitrogens with one attached hydrogen (secondary N) is 1. The molecular formula is C22H42N2O. The second kappa shape index (κ2) is 13.2. The van der Waals surface area contributed by atoms with E-state index in [2.05, 4.69) is 37.8 Å². The summed E-state index contributed by atoms with van der Waals surface area (Å²) >= 11 is 0. The summed E-state index contributed by atoms with van der Waals surface area (Å²) in [5, 5.41) is 0. The minimum absolute atomic E-state index is 0.0945. The lowest BCUT2D eigenvalue weighted by molar-refractivity contribution is 0.169. The Morgan fingerprint density at radius 2 is 1.32 bits per heavy atom. The van der Waals surface area contributed by atoms with Crippen LogP contribution in [0.4, 0.5) is 0 Å². The fourth-order valence-corrected chi connectivity index (χ4v) is 3.53. The van der Waals surface area contributed by atoms with E-state index in [-0.39, 0.29) is 5.41 Å². The molecule has 0 spiro atoms. The van der Waals surface area contributed by atoms with Gasteiger partial charge in [0.2, 0.25) is 5.88 Å². The normalized spacial score (nSPS) is 16.3. The molecule has 0 aromatic heterocycles. The second-order valence-corrected chi connectivity index (χ2v) is 7.97. The molecule has 0 saturated carbocycles. The van der Waals surface area contributed by atoms with Crippen LogP contribution in [0, 0.1) is 5.41 Å². The van der Waals surface area contributed by atoms with Gasteiger partial charge < -0.3 is 4.84 Å². The molecular weight excluding hydrogens is 308 g/mol. The van der Waals surface area contributed by atoms with Crippen LogP contribution in [0.3, 0.4) is 0 Å². The minimum Gasteiger partial charge on any atom is -0.361 e. The first kappa shape index (κ1) is 22.1. The SMILES string of the molecule is C=C1N=C(C(C)(CC)CCCCCCCCCCCCCCC)NO1. The van der Waals surface area contributed by atoms with Gasteiger partial charge in [0.05, 0.1) is 0 Å². The first-order valence-corrected chi connectivity index (χ1v) is 10.8. The van der Waals surface area contributed by atoms with Crippen LogP contribution < -0.4 is 5.48 Å². The third-order valence-corrected chi connectivity index (χ3v) is 5.69. The van der Waals surface area contributed by atoms with E-state index in [1.165, 1.54) is 89.9 Å². The predicted molar refractivity (Wildman–Crippen MR) is 110 cm³/mol. The van der Waals surface area contributed by atoms with Gasteiger partial charge in [0.1, 0.15) is 5.84 Å². The monoisotopic (exact) mass is 350 g/mol. The third kappa shape index (κ3) is 9.32. The van der Waals surface area contributed by atoms with Gasteiger partial charge in [-0.1, -0.05) is 104 Å². The predicted octanol–water partition coefficient (Wildman–Crippen LogP) is 7.29. The van der Waals surface area contributed by atoms with Crippen molar-refractivity contribution >= 4 is 5.84 Å². The van der Waals surface area contributed by atoms with Crippen molar-refractivity contribution in [2.75, 3.05) is 0 Å². The topological polar surface area (TPSA) is 33.6 Å². The smallest absolute Gasteiger partial charge is 0.240 e. The van der Waals surface area contributed by atoms with Crippen molar-refractivity contribution in [1.82, 2.24) is 5.48 Å². The third-order valence-electron chi connectivity index (χ3n) is 5.69. The molecule has 1 unspecified atom stereocenters. The van der Waals surface area contributed by atoms with Crippen LogP contribution in [0.2, 0.25) is 0 Å². The number of unbranched alkanes of at least 4 members (excludes halogenated alkanes) is 12. The molecule has 1 rings (SSSR count). The second-order valence-electron chi connectivity index (χ2n) is 7.97. The first-order chi connectivity index (χ1) is 12.1. The quantitative estimate of drug-likeness (QED) is 0.296. The summed E-state index contributed by atoms with van der Waals surface area (Å²) in [7, 11) is 0. The minimum atomic E-state index is 0.0945. The van der Waals surface area contributed by atoms with E-state index in [0.717, 1.165) is 12.3 Å². The first-order valence-electron chi connectivity index (χ1n) is 10.8. The molecule has 0 saturated heterocycles. The lowest BCUT2D eigenvalue weighted by Crippen LogP contribution is -2.35. The van der Waals surface area contributed by atoms with Crippen molar-refractivity contribution in [3.8, 4) is 0 Å². The molecule has 1 atom stereocenters. The summed E-state index contributed by atoms with van der Waals surface area (Å²) in [4.78, 5) is 9.58. The van der Waals surface area contributed by atoms with Crippen LogP contribution in [0.15, 0.2) is 17.5 Å². The number of aliphatic imine (C=N–C) groups is 1. The van der Waals surface area contributed by atoms with Gasteiger partial charge in [-0.3, -0.25) is 0 Å². The summed E-state index contributed by atoms with van der Waals surface area (Å²) < 4.78 is 0. The maximum Gasteiger partial charge on any atom is 0.240 e. The standard InChI is InChI=1S/C22H42N2O/c1-5-7-8-9-10-11-12-13-14-15-16-17-18-19-22(4,6-2)21-23-20(3)25-24-21/h3,5-19H2,1-2,4H3,(H,23,24). The molecule has 1 aliphatic heterocycles. The molecule has 0 aliphatic carbocycles. The van der Waals surface area contributed by atoms with Crippen molar-refractivity contribution < 1.29 is 4.84 Å². The van der Waals surface area contributed by atoms with Gasteiger partial charge >= 0.3 is 0 Å². The molecule has 0 aromatic carbocycles. The van der Waals surface area contributed by atoms with Crippen LogP contribution >= 0.6 is 0 Å².